The third-order valence-corrected chi connectivity index (χ3v) is 12.2. The second-order valence-corrected chi connectivity index (χ2v) is 15.3. The second kappa shape index (κ2) is 11.8. The van der Waals surface area contributed by atoms with E-state index >= 15 is 0 Å². The highest BCUT2D eigenvalue weighted by atomic mass is 16.3. The molecule has 0 aliphatic rings. The fraction of sp³-hybridized carbons (Fsp3) is 0. The molecular weight excluding hydrogens is 707 g/mol. The molecule has 0 fully saturated rings. The molecule has 270 valence electrons. The van der Waals surface area contributed by atoms with Gasteiger partial charge >= 0.3 is 0 Å². The summed E-state index contributed by atoms with van der Waals surface area (Å²) < 4.78 is 13.7. The number of fused-ring (bicyclic) bond motifs is 13. The number of benzene rings is 9. The largest absolute Gasteiger partial charge is 0.456 e. The van der Waals surface area contributed by atoms with Crippen LogP contribution in [0.25, 0.3) is 116 Å². The van der Waals surface area contributed by atoms with Gasteiger partial charge in [-0.05, 0) is 90.0 Å². The predicted octanol–water partition coefficient (Wildman–Crippen LogP) is 14.5. The summed E-state index contributed by atoms with van der Waals surface area (Å²) in [6.45, 7) is 0. The summed E-state index contributed by atoms with van der Waals surface area (Å²) >= 11 is 0. The number of para-hydroxylation sites is 5. The number of furan rings is 1. The molecule has 0 saturated heterocycles. The molecule has 0 spiro atoms. The summed E-state index contributed by atoms with van der Waals surface area (Å²) in [5, 5.41) is 9.66. The zero-order valence-electron chi connectivity index (χ0n) is 31.3. The molecule has 4 nitrogen and oxygen atoms in total. The van der Waals surface area contributed by atoms with Crippen molar-refractivity contribution in [3.05, 3.63) is 200 Å². The lowest BCUT2D eigenvalue weighted by atomic mass is 10.00. The third kappa shape index (κ3) is 4.34. The van der Waals surface area contributed by atoms with E-state index in [0.717, 1.165) is 50.0 Å². The summed E-state index contributed by atoms with van der Waals surface area (Å²) in [5.41, 5.74) is 14.6. The number of nitrogens with zero attached hydrogens (tertiary/aromatic N) is 3. The molecule has 0 amide bonds. The van der Waals surface area contributed by atoms with Crippen molar-refractivity contribution in [3.63, 3.8) is 0 Å². The molecule has 0 unspecified atom stereocenters. The zero-order valence-corrected chi connectivity index (χ0v) is 31.3. The van der Waals surface area contributed by atoms with Crippen LogP contribution in [0.1, 0.15) is 0 Å². The SMILES string of the molecule is c1ccc(-n2c3ccc(-c4ccc5c6c(ccc7c8ccccc8n(-c8ccccc8)c76)n(-c6ccccc6)c5c4)cc3c3cc4c(cc32)oc2ccccc24)cc1. The molecular formula is C54H33N3O. The number of aromatic nitrogens is 3. The highest BCUT2D eigenvalue weighted by molar-refractivity contribution is 6.26. The normalized spacial score (nSPS) is 12.1. The summed E-state index contributed by atoms with van der Waals surface area (Å²) in [5.74, 6) is 0. The van der Waals surface area contributed by atoms with Gasteiger partial charge in [0, 0.05) is 66.2 Å². The van der Waals surface area contributed by atoms with Crippen LogP contribution in [0.2, 0.25) is 0 Å². The minimum atomic E-state index is 0.897. The zero-order chi connectivity index (χ0) is 37.9. The Morgan fingerprint density at radius 1 is 0.276 bits per heavy atom. The lowest BCUT2D eigenvalue weighted by Crippen LogP contribution is -1.95. The van der Waals surface area contributed by atoms with Crippen molar-refractivity contribution in [1.29, 1.82) is 0 Å². The summed E-state index contributed by atoms with van der Waals surface area (Å²) in [6.07, 6.45) is 0. The van der Waals surface area contributed by atoms with Crippen molar-refractivity contribution in [2.75, 3.05) is 0 Å². The first-order valence-corrected chi connectivity index (χ1v) is 19.8. The van der Waals surface area contributed by atoms with Crippen LogP contribution >= 0.6 is 0 Å². The van der Waals surface area contributed by atoms with Crippen LogP contribution in [0.3, 0.4) is 0 Å². The monoisotopic (exact) mass is 739 g/mol. The molecule has 0 N–H and O–H groups in total. The van der Waals surface area contributed by atoms with E-state index in [2.05, 4.69) is 208 Å². The van der Waals surface area contributed by atoms with Gasteiger partial charge < -0.3 is 18.1 Å². The average Bonchev–Trinajstić information content (AvgIpc) is 4.02. The molecule has 4 heterocycles. The van der Waals surface area contributed by atoms with Crippen molar-refractivity contribution in [2.24, 2.45) is 0 Å². The number of hydrogen-bond acceptors (Lipinski definition) is 1. The highest BCUT2D eigenvalue weighted by Crippen LogP contribution is 2.44. The van der Waals surface area contributed by atoms with E-state index in [1.165, 1.54) is 65.5 Å². The molecule has 0 aliphatic heterocycles. The van der Waals surface area contributed by atoms with Gasteiger partial charge in [0.05, 0.1) is 33.1 Å². The highest BCUT2D eigenvalue weighted by Gasteiger charge is 2.22. The molecule has 13 rings (SSSR count). The Labute approximate surface area is 332 Å². The Morgan fingerprint density at radius 2 is 0.810 bits per heavy atom. The Bertz CT molecular complexity index is 3770. The van der Waals surface area contributed by atoms with E-state index < -0.39 is 0 Å². The molecule has 4 aromatic heterocycles. The van der Waals surface area contributed by atoms with Gasteiger partial charge in [-0.3, -0.25) is 0 Å². The van der Waals surface area contributed by atoms with Crippen LogP contribution in [-0.2, 0) is 0 Å². The molecule has 58 heavy (non-hydrogen) atoms. The van der Waals surface area contributed by atoms with Crippen LogP contribution in [-0.4, -0.2) is 13.7 Å². The first-order valence-electron chi connectivity index (χ1n) is 19.8. The summed E-state index contributed by atoms with van der Waals surface area (Å²) in [6, 6.07) is 72.5. The van der Waals surface area contributed by atoms with E-state index in [9.17, 15) is 0 Å². The van der Waals surface area contributed by atoms with Crippen LogP contribution in [0.15, 0.2) is 205 Å². The number of hydrogen-bond donors (Lipinski definition) is 0. The maximum absolute atomic E-state index is 6.41. The molecule has 0 bridgehead atoms. The Balaban J connectivity index is 1.10. The van der Waals surface area contributed by atoms with E-state index in [1.54, 1.807) is 0 Å². The second-order valence-electron chi connectivity index (χ2n) is 15.3. The topological polar surface area (TPSA) is 27.9 Å². The van der Waals surface area contributed by atoms with Crippen LogP contribution < -0.4 is 0 Å². The smallest absolute Gasteiger partial charge is 0.137 e. The maximum Gasteiger partial charge on any atom is 0.137 e. The first kappa shape index (κ1) is 31.4. The molecule has 4 heteroatoms. The van der Waals surface area contributed by atoms with Gasteiger partial charge in [-0.1, -0.05) is 115 Å². The van der Waals surface area contributed by atoms with E-state index in [-0.39, 0.29) is 0 Å². The fourth-order valence-electron chi connectivity index (χ4n) is 9.71. The van der Waals surface area contributed by atoms with E-state index in [1.807, 2.05) is 6.07 Å². The number of rotatable bonds is 4. The Hall–Kier alpha value is -7.82. The minimum Gasteiger partial charge on any atom is -0.456 e. The van der Waals surface area contributed by atoms with Crippen molar-refractivity contribution in [2.45, 2.75) is 0 Å². The van der Waals surface area contributed by atoms with Crippen molar-refractivity contribution in [1.82, 2.24) is 13.7 Å². The van der Waals surface area contributed by atoms with Gasteiger partial charge in [-0.15, -0.1) is 0 Å². The molecule has 0 atom stereocenters. The molecule has 0 aliphatic carbocycles. The molecule has 0 saturated carbocycles. The first-order chi connectivity index (χ1) is 28.8. The molecule has 0 radical (unpaired) electrons. The van der Waals surface area contributed by atoms with Gasteiger partial charge in [-0.25, -0.2) is 0 Å². The average molecular weight is 740 g/mol. The van der Waals surface area contributed by atoms with Crippen LogP contribution in [0.5, 0.6) is 0 Å². The lowest BCUT2D eigenvalue weighted by molar-refractivity contribution is 0.669. The minimum absolute atomic E-state index is 0.897. The summed E-state index contributed by atoms with van der Waals surface area (Å²) in [7, 11) is 0. The maximum atomic E-state index is 6.41. The fourth-order valence-corrected chi connectivity index (χ4v) is 9.71. The Kier molecular flexibility index (Phi) is 6.41. The Morgan fingerprint density at radius 3 is 1.57 bits per heavy atom. The van der Waals surface area contributed by atoms with Gasteiger partial charge in [0.25, 0.3) is 0 Å². The van der Waals surface area contributed by atoms with Gasteiger partial charge in [0.2, 0.25) is 0 Å². The van der Waals surface area contributed by atoms with Crippen molar-refractivity contribution in [3.8, 4) is 28.2 Å². The molecule has 9 aromatic carbocycles. The third-order valence-electron chi connectivity index (χ3n) is 12.2. The molecule has 13 aromatic rings. The van der Waals surface area contributed by atoms with Crippen LogP contribution in [0, 0.1) is 0 Å². The van der Waals surface area contributed by atoms with Gasteiger partial charge in [0.15, 0.2) is 0 Å². The van der Waals surface area contributed by atoms with Crippen molar-refractivity contribution < 1.29 is 4.42 Å². The van der Waals surface area contributed by atoms with Crippen molar-refractivity contribution >= 4 is 87.4 Å². The van der Waals surface area contributed by atoms with Gasteiger partial charge in [-0.2, -0.15) is 0 Å². The lowest BCUT2D eigenvalue weighted by Gasteiger charge is -2.10. The van der Waals surface area contributed by atoms with E-state index in [0.29, 0.717) is 0 Å². The summed E-state index contributed by atoms with van der Waals surface area (Å²) in [4.78, 5) is 0. The van der Waals surface area contributed by atoms with E-state index in [4.69, 9.17) is 4.42 Å². The quantitative estimate of drug-likeness (QED) is 0.177. The standard InChI is InChI=1S/C54H33N3O/c1-4-14-36(15-5-1)55-47-28-25-34(30-43(47)44-32-45-40-21-11-13-23-51(40)58-52(45)33-50(44)55)35-24-26-42-49(31-35)56(37-16-6-2-7-17-37)48-29-27-41-39-20-10-12-22-46(39)57(54(41)53(42)48)38-18-8-3-9-19-38/h1-33H. The predicted molar refractivity (Wildman–Crippen MR) is 242 cm³/mol. The van der Waals surface area contributed by atoms with Gasteiger partial charge in [0.1, 0.15) is 11.2 Å². The van der Waals surface area contributed by atoms with Crippen LogP contribution in [0.4, 0.5) is 0 Å².